The van der Waals surface area contributed by atoms with Crippen LogP contribution in [0.2, 0.25) is 10.0 Å². The van der Waals surface area contributed by atoms with E-state index in [4.69, 9.17) is 23.2 Å². The molecule has 0 atom stereocenters. The second-order valence-corrected chi connectivity index (χ2v) is 6.05. The molecule has 2 N–H and O–H groups in total. The maximum atomic E-state index is 13.4. The van der Waals surface area contributed by atoms with Gasteiger partial charge in [-0.1, -0.05) is 23.2 Å². The summed E-state index contributed by atoms with van der Waals surface area (Å²) < 4.78 is 39.4. The molecular formula is C10H13Cl2FN2O2S. The molecule has 0 aromatic heterocycles. The third-order valence-electron chi connectivity index (χ3n) is 2.18. The van der Waals surface area contributed by atoms with Crippen molar-refractivity contribution in [1.82, 2.24) is 10.0 Å². The van der Waals surface area contributed by atoms with Crippen molar-refractivity contribution in [2.75, 3.05) is 20.1 Å². The predicted octanol–water partition coefficient (Wildman–Crippen LogP) is 2.02. The Kier molecular flexibility index (Phi) is 5.81. The van der Waals surface area contributed by atoms with Crippen molar-refractivity contribution in [3.8, 4) is 0 Å². The average molecular weight is 315 g/mol. The van der Waals surface area contributed by atoms with Gasteiger partial charge in [0.1, 0.15) is 4.90 Å². The van der Waals surface area contributed by atoms with Crippen LogP contribution in [0.1, 0.15) is 6.42 Å². The minimum absolute atomic E-state index is 0.214. The summed E-state index contributed by atoms with van der Waals surface area (Å²) in [4.78, 5) is -0.310. The molecule has 0 saturated heterocycles. The summed E-state index contributed by atoms with van der Waals surface area (Å²) in [5.41, 5.74) is 0. The molecule has 1 aromatic rings. The van der Waals surface area contributed by atoms with E-state index in [2.05, 4.69) is 10.0 Å². The van der Waals surface area contributed by atoms with Gasteiger partial charge in [-0.2, -0.15) is 0 Å². The average Bonchev–Trinajstić information content (AvgIpc) is 2.31. The van der Waals surface area contributed by atoms with Crippen molar-refractivity contribution < 1.29 is 12.8 Å². The fourth-order valence-electron chi connectivity index (χ4n) is 1.27. The molecule has 1 aromatic carbocycles. The SMILES string of the molecule is CNCCCNS(=O)(=O)c1ccc(Cl)c(F)c1Cl. The fraction of sp³-hybridized carbons (Fsp3) is 0.400. The molecule has 0 heterocycles. The van der Waals surface area contributed by atoms with E-state index >= 15 is 0 Å². The molecule has 18 heavy (non-hydrogen) atoms. The maximum absolute atomic E-state index is 13.4. The van der Waals surface area contributed by atoms with Gasteiger partial charge in [0.05, 0.1) is 10.0 Å². The first kappa shape index (κ1) is 15.7. The van der Waals surface area contributed by atoms with Crippen LogP contribution in [-0.2, 0) is 10.0 Å². The van der Waals surface area contributed by atoms with Crippen LogP contribution < -0.4 is 10.0 Å². The number of nitrogens with one attached hydrogen (secondary N) is 2. The van der Waals surface area contributed by atoms with Crippen molar-refractivity contribution in [3.05, 3.63) is 28.0 Å². The highest BCUT2D eigenvalue weighted by molar-refractivity contribution is 7.89. The monoisotopic (exact) mass is 314 g/mol. The predicted molar refractivity (Wildman–Crippen MR) is 70.2 cm³/mol. The van der Waals surface area contributed by atoms with Gasteiger partial charge in [0.2, 0.25) is 10.0 Å². The van der Waals surface area contributed by atoms with Crippen LogP contribution in [0.4, 0.5) is 4.39 Å². The second kappa shape index (κ2) is 6.68. The number of halogens is 3. The lowest BCUT2D eigenvalue weighted by Gasteiger charge is -2.09. The number of hydrogen-bond acceptors (Lipinski definition) is 3. The summed E-state index contributed by atoms with van der Waals surface area (Å²) in [6.07, 6.45) is 0.615. The second-order valence-electron chi connectivity index (χ2n) is 3.53. The molecule has 0 unspecified atom stereocenters. The van der Waals surface area contributed by atoms with Crippen LogP contribution >= 0.6 is 23.2 Å². The molecule has 0 aliphatic heterocycles. The lowest BCUT2D eigenvalue weighted by Crippen LogP contribution is -2.27. The fourth-order valence-corrected chi connectivity index (χ4v) is 3.08. The molecule has 0 fully saturated rings. The summed E-state index contributed by atoms with van der Waals surface area (Å²) >= 11 is 11.1. The van der Waals surface area contributed by atoms with E-state index in [0.717, 1.165) is 6.07 Å². The normalized spacial score (nSPS) is 11.8. The lowest BCUT2D eigenvalue weighted by molar-refractivity contribution is 0.574. The third-order valence-corrected chi connectivity index (χ3v) is 4.46. The summed E-state index contributed by atoms with van der Waals surface area (Å²) in [5.74, 6) is -0.934. The zero-order valence-electron chi connectivity index (χ0n) is 9.63. The molecule has 0 aliphatic carbocycles. The van der Waals surface area contributed by atoms with Gasteiger partial charge in [-0.25, -0.2) is 17.5 Å². The number of benzene rings is 1. The van der Waals surface area contributed by atoms with Gasteiger partial charge in [0.15, 0.2) is 5.82 Å². The van der Waals surface area contributed by atoms with Crippen LogP contribution in [0.15, 0.2) is 17.0 Å². The van der Waals surface area contributed by atoms with Gasteiger partial charge < -0.3 is 5.32 Å². The first-order chi connectivity index (χ1) is 8.40. The van der Waals surface area contributed by atoms with Gasteiger partial charge in [-0.3, -0.25) is 0 Å². The van der Waals surface area contributed by atoms with E-state index in [-0.39, 0.29) is 16.5 Å². The van der Waals surface area contributed by atoms with E-state index in [0.29, 0.717) is 13.0 Å². The smallest absolute Gasteiger partial charge is 0.242 e. The van der Waals surface area contributed by atoms with E-state index in [1.165, 1.54) is 6.07 Å². The molecule has 0 amide bonds. The highest BCUT2D eigenvalue weighted by Gasteiger charge is 2.21. The summed E-state index contributed by atoms with van der Waals surface area (Å²) in [5, 5.41) is 2.17. The van der Waals surface area contributed by atoms with Crippen LogP contribution in [0.5, 0.6) is 0 Å². The Balaban J connectivity index is 2.89. The van der Waals surface area contributed by atoms with E-state index in [9.17, 15) is 12.8 Å². The van der Waals surface area contributed by atoms with Crippen LogP contribution in [-0.4, -0.2) is 28.6 Å². The zero-order valence-corrected chi connectivity index (χ0v) is 12.0. The largest absolute Gasteiger partial charge is 0.320 e. The molecular weight excluding hydrogens is 302 g/mol. The lowest BCUT2D eigenvalue weighted by atomic mass is 10.3. The summed E-state index contributed by atoms with van der Waals surface area (Å²) in [6.45, 7) is 0.912. The number of hydrogen-bond donors (Lipinski definition) is 2. The van der Waals surface area contributed by atoms with Crippen LogP contribution in [0, 0.1) is 5.82 Å². The van der Waals surface area contributed by atoms with Crippen LogP contribution in [0.25, 0.3) is 0 Å². The minimum Gasteiger partial charge on any atom is -0.320 e. The third kappa shape index (κ3) is 3.80. The Morgan fingerprint density at radius 3 is 2.56 bits per heavy atom. The molecule has 0 saturated carbocycles. The van der Waals surface area contributed by atoms with Gasteiger partial charge in [-0.05, 0) is 32.1 Å². The molecule has 0 radical (unpaired) electrons. The number of sulfonamides is 1. The van der Waals surface area contributed by atoms with Crippen molar-refractivity contribution in [3.63, 3.8) is 0 Å². The highest BCUT2D eigenvalue weighted by Crippen LogP contribution is 2.29. The number of rotatable bonds is 6. The van der Waals surface area contributed by atoms with Crippen molar-refractivity contribution in [2.45, 2.75) is 11.3 Å². The minimum atomic E-state index is -3.82. The standard InChI is InChI=1S/C10H13Cl2FN2O2S/c1-14-5-2-6-15-18(16,17)8-4-3-7(11)10(13)9(8)12/h3-4,14-15H,2,5-6H2,1H3. The Hall–Kier alpha value is -0.400. The summed E-state index contributed by atoms with van der Waals surface area (Å²) in [6, 6.07) is 2.33. The molecule has 4 nitrogen and oxygen atoms in total. The van der Waals surface area contributed by atoms with E-state index < -0.39 is 20.9 Å². The van der Waals surface area contributed by atoms with Crippen molar-refractivity contribution in [2.24, 2.45) is 0 Å². The topological polar surface area (TPSA) is 58.2 Å². The molecule has 0 bridgehead atoms. The molecule has 102 valence electrons. The van der Waals surface area contributed by atoms with Crippen LogP contribution in [0.3, 0.4) is 0 Å². The Morgan fingerprint density at radius 1 is 1.28 bits per heavy atom. The van der Waals surface area contributed by atoms with Gasteiger partial charge in [0.25, 0.3) is 0 Å². The Bertz CT molecular complexity index is 523. The molecule has 8 heteroatoms. The van der Waals surface area contributed by atoms with Crippen molar-refractivity contribution in [1.29, 1.82) is 0 Å². The van der Waals surface area contributed by atoms with Gasteiger partial charge >= 0.3 is 0 Å². The van der Waals surface area contributed by atoms with Gasteiger partial charge in [0, 0.05) is 6.54 Å². The molecule has 0 spiro atoms. The van der Waals surface area contributed by atoms with E-state index in [1.807, 2.05) is 0 Å². The van der Waals surface area contributed by atoms with E-state index in [1.54, 1.807) is 7.05 Å². The van der Waals surface area contributed by atoms with Crippen molar-refractivity contribution >= 4 is 33.2 Å². The first-order valence-corrected chi connectivity index (χ1v) is 7.42. The Labute approximate surface area is 116 Å². The Morgan fingerprint density at radius 2 is 1.94 bits per heavy atom. The first-order valence-electron chi connectivity index (χ1n) is 5.18. The maximum Gasteiger partial charge on any atom is 0.242 e. The molecule has 0 aliphatic rings. The quantitative estimate of drug-likeness (QED) is 0.624. The van der Waals surface area contributed by atoms with Gasteiger partial charge in [-0.15, -0.1) is 0 Å². The zero-order chi connectivity index (χ0) is 13.8. The highest BCUT2D eigenvalue weighted by atomic mass is 35.5. The molecule has 1 rings (SSSR count). The summed E-state index contributed by atoms with van der Waals surface area (Å²) in [7, 11) is -2.06.